The van der Waals surface area contributed by atoms with E-state index in [1.54, 1.807) is 12.4 Å². The zero-order valence-electron chi connectivity index (χ0n) is 9.48. The van der Waals surface area contributed by atoms with Crippen molar-refractivity contribution in [2.24, 2.45) is 5.92 Å². The smallest absolute Gasteiger partial charge is 0.224 e. The van der Waals surface area contributed by atoms with E-state index in [4.69, 9.17) is 0 Å². The van der Waals surface area contributed by atoms with Gasteiger partial charge in [0.25, 0.3) is 0 Å². The van der Waals surface area contributed by atoms with E-state index >= 15 is 0 Å². The Labute approximate surface area is 96.3 Å². The van der Waals surface area contributed by atoms with Crippen LogP contribution < -0.4 is 5.32 Å². The van der Waals surface area contributed by atoms with Gasteiger partial charge in [0.2, 0.25) is 5.91 Å². The Morgan fingerprint density at radius 2 is 1.94 bits per heavy atom. The third kappa shape index (κ3) is 3.33. The van der Waals surface area contributed by atoms with E-state index in [9.17, 15) is 4.79 Å². The van der Waals surface area contributed by atoms with Crippen LogP contribution in [-0.4, -0.2) is 10.9 Å². The first-order valence-electron chi connectivity index (χ1n) is 6.04. The fourth-order valence-electron chi connectivity index (χ4n) is 2.30. The van der Waals surface area contributed by atoms with Crippen molar-refractivity contribution in [3.05, 3.63) is 24.5 Å². The van der Waals surface area contributed by atoms with E-state index < -0.39 is 0 Å². The summed E-state index contributed by atoms with van der Waals surface area (Å²) in [5, 5.41) is 2.91. The molecule has 0 spiro atoms. The first kappa shape index (κ1) is 11.1. The second-order valence-electron chi connectivity index (χ2n) is 4.49. The van der Waals surface area contributed by atoms with Gasteiger partial charge in [0.05, 0.1) is 0 Å². The Morgan fingerprint density at radius 1 is 1.25 bits per heavy atom. The molecule has 0 atom stereocenters. The molecule has 0 aromatic carbocycles. The van der Waals surface area contributed by atoms with Crippen molar-refractivity contribution >= 4 is 11.6 Å². The van der Waals surface area contributed by atoms with Crippen LogP contribution in [0.3, 0.4) is 0 Å². The lowest BCUT2D eigenvalue weighted by Gasteiger charge is -2.20. The van der Waals surface area contributed by atoms with Crippen molar-refractivity contribution in [2.45, 2.75) is 38.5 Å². The normalized spacial score (nSPS) is 17.0. The quantitative estimate of drug-likeness (QED) is 0.847. The molecular weight excluding hydrogens is 200 g/mol. The van der Waals surface area contributed by atoms with Crippen molar-refractivity contribution in [1.82, 2.24) is 4.98 Å². The molecule has 86 valence electrons. The number of nitrogens with zero attached hydrogens (tertiary/aromatic N) is 1. The molecule has 0 saturated heterocycles. The fourth-order valence-corrected chi connectivity index (χ4v) is 2.30. The molecule has 1 aromatic rings. The highest BCUT2D eigenvalue weighted by Crippen LogP contribution is 2.26. The lowest BCUT2D eigenvalue weighted by molar-refractivity contribution is -0.117. The Bertz CT molecular complexity index is 331. The standard InChI is InChI=1S/C13H18N2O/c16-13(10-11-4-2-1-3-5-11)15-12-6-8-14-9-7-12/h6-9,11H,1-5,10H2,(H,14,15,16). The molecule has 1 aromatic heterocycles. The summed E-state index contributed by atoms with van der Waals surface area (Å²) in [5.74, 6) is 0.730. The van der Waals surface area contributed by atoms with Crippen molar-refractivity contribution in [2.75, 3.05) is 5.32 Å². The van der Waals surface area contributed by atoms with Crippen LogP contribution in [0.5, 0.6) is 0 Å². The zero-order valence-corrected chi connectivity index (χ0v) is 9.48. The molecular formula is C13H18N2O. The van der Waals surface area contributed by atoms with E-state index in [-0.39, 0.29) is 5.91 Å². The van der Waals surface area contributed by atoms with Gasteiger partial charge in [0.15, 0.2) is 0 Å². The Balaban J connectivity index is 1.80. The lowest BCUT2D eigenvalue weighted by Crippen LogP contribution is -2.18. The monoisotopic (exact) mass is 218 g/mol. The molecule has 1 aliphatic carbocycles. The van der Waals surface area contributed by atoms with Crippen LogP contribution in [0.4, 0.5) is 5.69 Å². The first-order chi connectivity index (χ1) is 7.84. The highest BCUT2D eigenvalue weighted by Gasteiger charge is 2.16. The van der Waals surface area contributed by atoms with Crippen molar-refractivity contribution in [3.63, 3.8) is 0 Å². The van der Waals surface area contributed by atoms with Gasteiger partial charge in [0.1, 0.15) is 0 Å². The highest BCUT2D eigenvalue weighted by molar-refractivity contribution is 5.90. The van der Waals surface area contributed by atoms with E-state index in [0.717, 1.165) is 5.69 Å². The molecule has 1 fully saturated rings. The molecule has 3 heteroatoms. The van der Waals surface area contributed by atoms with Gasteiger partial charge in [0, 0.05) is 24.5 Å². The van der Waals surface area contributed by atoms with Crippen molar-refractivity contribution < 1.29 is 4.79 Å². The van der Waals surface area contributed by atoms with Gasteiger partial charge in [-0.15, -0.1) is 0 Å². The number of aromatic nitrogens is 1. The molecule has 0 bridgehead atoms. The van der Waals surface area contributed by atoms with E-state index in [1.807, 2.05) is 12.1 Å². The van der Waals surface area contributed by atoms with Gasteiger partial charge in [-0.2, -0.15) is 0 Å². The summed E-state index contributed by atoms with van der Waals surface area (Å²) < 4.78 is 0. The second-order valence-corrected chi connectivity index (χ2v) is 4.49. The maximum atomic E-state index is 11.7. The van der Waals surface area contributed by atoms with Crippen molar-refractivity contribution in [1.29, 1.82) is 0 Å². The first-order valence-corrected chi connectivity index (χ1v) is 6.04. The summed E-state index contributed by atoms with van der Waals surface area (Å²) in [7, 11) is 0. The molecule has 0 aliphatic heterocycles. The van der Waals surface area contributed by atoms with Crippen LogP contribution in [0, 0.1) is 5.92 Å². The molecule has 16 heavy (non-hydrogen) atoms. The van der Waals surface area contributed by atoms with Gasteiger partial charge < -0.3 is 5.32 Å². The number of anilines is 1. The average molecular weight is 218 g/mol. The minimum atomic E-state index is 0.137. The molecule has 0 radical (unpaired) electrons. The summed E-state index contributed by atoms with van der Waals surface area (Å²) in [6.45, 7) is 0. The topological polar surface area (TPSA) is 42.0 Å². The third-order valence-electron chi connectivity index (χ3n) is 3.16. The van der Waals surface area contributed by atoms with Crippen LogP contribution in [0.2, 0.25) is 0 Å². The molecule has 3 nitrogen and oxygen atoms in total. The van der Waals surface area contributed by atoms with E-state index in [1.165, 1.54) is 32.1 Å². The van der Waals surface area contributed by atoms with E-state index in [2.05, 4.69) is 10.3 Å². The number of amides is 1. The molecule has 0 unspecified atom stereocenters. The average Bonchev–Trinajstić information content (AvgIpc) is 2.31. The number of hydrogen-bond donors (Lipinski definition) is 1. The SMILES string of the molecule is O=C(CC1CCCCC1)Nc1ccncc1. The fraction of sp³-hybridized carbons (Fsp3) is 0.538. The largest absolute Gasteiger partial charge is 0.326 e. The molecule has 1 aliphatic rings. The Kier molecular flexibility index (Phi) is 3.91. The van der Waals surface area contributed by atoms with Crippen LogP contribution >= 0.6 is 0 Å². The van der Waals surface area contributed by atoms with Crippen molar-refractivity contribution in [3.8, 4) is 0 Å². The van der Waals surface area contributed by atoms with Gasteiger partial charge in [-0.25, -0.2) is 0 Å². The van der Waals surface area contributed by atoms with Gasteiger partial charge in [-0.05, 0) is 30.9 Å². The Morgan fingerprint density at radius 3 is 2.62 bits per heavy atom. The summed E-state index contributed by atoms with van der Waals surface area (Å²) in [6, 6.07) is 3.64. The summed E-state index contributed by atoms with van der Waals surface area (Å²) >= 11 is 0. The second kappa shape index (κ2) is 5.64. The highest BCUT2D eigenvalue weighted by atomic mass is 16.1. The molecule has 1 heterocycles. The molecule has 2 rings (SSSR count). The number of carbonyl (C=O) groups excluding carboxylic acids is 1. The summed E-state index contributed by atoms with van der Waals surface area (Å²) in [5.41, 5.74) is 0.843. The predicted octanol–water partition coefficient (Wildman–Crippen LogP) is 2.99. The van der Waals surface area contributed by atoms with Gasteiger partial charge in [-0.3, -0.25) is 9.78 Å². The Hall–Kier alpha value is -1.38. The summed E-state index contributed by atoms with van der Waals surface area (Å²) in [6.07, 6.45) is 10.4. The van der Waals surface area contributed by atoms with E-state index in [0.29, 0.717) is 12.3 Å². The van der Waals surface area contributed by atoms with Gasteiger partial charge >= 0.3 is 0 Å². The van der Waals surface area contributed by atoms with Crippen LogP contribution in [0.15, 0.2) is 24.5 Å². The number of nitrogens with one attached hydrogen (secondary N) is 1. The number of carbonyl (C=O) groups is 1. The van der Waals surface area contributed by atoms with Crippen LogP contribution in [0.25, 0.3) is 0 Å². The third-order valence-corrected chi connectivity index (χ3v) is 3.16. The molecule has 1 amide bonds. The maximum absolute atomic E-state index is 11.7. The zero-order chi connectivity index (χ0) is 11.2. The number of hydrogen-bond acceptors (Lipinski definition) is 2. The maximum Gasteiger partial charge on any atom is 0.224 e. The number of rotatable bonds is 3. The summed E-state index contributed by atoms with van der Waals surface area (Å²) in [4.78, 5) is 15.7. The van der Waals surface area contributed by atoms with Crippen LogP contribution in [0.1, 0.15) is 38.5 Å². The minimum Gasteiger partial charge on any atom is -0.326 e. The van der Waals surface area contributed by atoms with Gasteiger partial charge in [-0.1, -0.05) is 19.3 Å². The van der Waals surface area contributed by atoms with Crippen LogP contribution in [-0.2, 0) is 4.79 Å². The molecule has 1 N–H and O–H groups in total. The minimum absolute atomic E-state index is 0.137. The lowest BCUT2D eigenvalue weighted by atomic mass is 9.87. The molecule has 1 saturated carbocycles. The predicted molar refractivity (Wildman–Crippen MR) is 64.1 cm³/mol. The number of pyridine rings is 1.